The molecule has 0 saturated heterocycles. The fraction of sp³-hybridized carbons (Fsp3) is 0.333. The second kappa shape index (κ2) is 5.32. The van der Waals surface area contributed by atoms with Crippen molar-refractivity contribution in [1.82, 2.24) is 0 Å². The summed E-state index contributed by atoms with van der Waals surface area (Å²) in [7, 11) is 3.12. The quantitative estimate of drug-likeness (QED) is 0.794. The van der Waals surface area contributed by atoms with Crippen molar-refractivity contribution >= 4 is 27.5 Å². The summed E-state index contributed by atoms with van der Waals surface area (Å²) in [5, 5.41) is 0. The smallest absolute Gasteiger partial charge is 0.206 e. The third-order valence-corrected chi connectivity index (χ3v) is 2.38. The van der Waals surface area contributed by atoms with Crippen molar-refractivity contribution in [2.75, 3.05) is 20.3 Å². The van der Waals surface area contributed by atoms with Crippen LogP contribution in [0.3, 0.4) is 0 Å². The summed E-state index contributed by atoms with van der Waals surface area (Å²) in [6.45, 7) is 0. The van der Waals surface area contributed by atoms with Crippen LogP contribution < -0.4 is 14.2 Å². The van der Waals surface area contributed by atoms with Crippen molar-refractivity contribution in [2.45, 2.75) is 0 Å². The summed E-state index contributed by atoms with van der Waals surface area (Å²) in [5.74, 6) is 1.66. The average molecular weight is 282 g/mol. The molecule has 1 rings (SSSR count). The van der Waals surface area contributed by atoms with E-state index >= 15 is 0 Å². The first-order chi connectivity index (χ1) is 6.74. The van der Waals surface area contributed by atoms with E-state index in [2.05, 4.69) is 15.9 Å². The highest BCUT2D eigenvalue weighted by molar-refractivity contribution is 9.10. The van der Waals surface area contributed by atoms with Crippen LogP contribution in [0.2, 0.25) is 0 Å². The van der Waals surface area contributed by atoms with Gasteiger partial charge in [-0.25, -0.2) is 0 Å². The zero-order chi connectivity index (χ0) is 10.6. The number of benzene rings is 1. The minimum absolute atomic E-state index is 0.0448. The van der Waals surface area contributed by atoms with Gasteiger partial charge in [0.05, 0.1) is 18.7 Å². The van der Waals surface area contributed by atoms with E-state index in [4.69, 9.17) is 25.8 Å². The van der Waals surface area contributed by atoms with E-state index in [-0.39, 0.29) is 6.07 Å². The lowest BCUT2D eigenvalue weighted by Crippen LogP contribution is -1.97. The minimum Gasteiger partial charge on any atom is -0.493 e. The van der Waals surface area contributed by atoms with E-state index in [0.717, 1.165) is 4.47 Å². The van der Waals surface area contributed by atoms with Crippen LogP contribution in [0.1, 0.15) is 0 Å². The van der Waals surface area contributed by atoms with Crippen LogP contribution in [-0.2, 0) is 0 Å². The van der Waals surface area contributed by atoms with Gasteiger partial charge in [-0.05, 0) is 28.1 Å². The Hall–Kier alpha value is -0.610. The fourth-order valence-electron chi connectivity index (χ4n) is 1.06. The van der Waals surface area contributed by atoms with E-state index < -0.39 is 0 Å². The molecule has 78 valence electrons. The molecule has 0 bridgehead atoms. The van der Waals surface area contributed by atoms with Gasteiger partial charge in [0.1, 0.15) is 0 Å². The standard InChI is InChI=1S/C9H10BrClO3/c1-12-7-4-3-6(10)8(13-2)9(7)14-5-11/h3-4H,5H2,1-2H3. The van der Waals surface area contributed by atoms with E-state index in [1.165, 1.54) is 0 Å². The average Bonchev–Trinajstić information content (AvgIpc) is 2.19. The molecule has 0 spiro atoms. The molecule has 0 atom stereocenters. The Morgan fingerprint density at radius 3 is 2.43 bits per heavy atom. The summed E-state index contributed by atoms with van der Waals surface area (Å²) in [5.41, 5.74) is 0. The molecule has 3 nitrogen and oxygen atoms in total. The van der Waals surface area contributed by atoms with E-state index in [9.17, 15) is 0 Å². The summed E-state index contributed by atoms with van der Waals surface area (Å²) in [4.78, 5) is 0. The maximum atomic E-state index is 5.50. The molecular formula is C9H10BrClO3. The zero-order valence-corrected chi connectivity index (χ0v) is 10.2. The third kappa shape index (κ3) is 2.25. The number of methoxy groups -OCH3 is 2. The lowest BCUT2D eigenvalue weighted by Gasteiger charge is -2.13. The van der Waals surface area contributed by atoms with Crippen LogP contribution in [0, 0.1) is 0 Å². The number of ether oxygens (including phenoxy) is 3. The normalized spacial score (nSPS) is 9.71. The SMILES string of the molecule is COc1ccc(Br)c(OC)c1OCCl. The monoisotopic (exact) mass is 280 g/mol. The number of rotatable bonds is 4. The number of halogens is 2. The molecule has 1 aromatic carbocycles. The van der Waals surface area contributed by atoms with Crippen LogP contribution in [0.5, 0.6) is 17.2 Å². The lowest BCUT2D eigenvalue weighted by molar-refractivity contribution is 0.312. The first kappa shape index (κ1) is 11.5. The Balaban J connectivity index is 3.21. The zero-order valence-electron chi connectivity index (χ0n) is 7.84. The summed E-state index contributed by atoms with van der Waals surface area (Å²) >= 11 is 8.83. The Bertz CT molecular complexity index is 317. The Kier molecular flexibility index (Phi) is 4.35. The highest BCUT2D eigenvalue weighted by atomic mass is 79.9. The topological polar surface area (TPSA) is 27.7 Å². The molecule has 1 aromatic rings. The third-order valence-electron chi connectivity index (χ3n) is 1.65. The van der Waals surface area contributed by atoms with Crippen molar-refractivity contribution in [1.29, 1.82) is 0 Å². The van der Waals surface area contributed by atoms with Gasteiger partial charge in [-0.15, -0.1) is 0 Å². The van der Waals surface area contributed by atoms with Crippen molar-refractivity contribution in [3.05, 3.63) is 16.6 Å². The van der Waals surface area contributed by atoms with Crippen molar-refractivity contribution < 1.29 is 14.2 Å². The van der Waals surface area contributed by atoms with Crippen LogP contribution in [0.15, 0.2) is 16.6 Å². The summed E-state index contributed by atoms with van der Waals surface area (Å²) < 4.78 is 16.3. The molecule has 0 radical (unpaired) electrons. The molecule has 0 heterocycles. The predicted molar refractivity (Wildman–Crippen MR) is 58.6 cm³/mol. The van der Waals surface area contributed by atoms with Gasteiger partial charge >= 0.3 is 0 Å². The molecule has 0 aliphatic carbocycles. The van der Waals surface area contributed by atoms with Gasteiger partial charge in [0.25, 0.3) is 0 Å². The molecule has 0 aliphatic rings. The van der Waals surface area contributed by atoms with Crippen molar-refractivity contribution in [3.63, 3.8) is 0 Å². The lowest BCUT2D eigenvalue weighted by atomic mass is 10.3. The number of hydrogen-bond acceptors (Lipinski definition) is 3. The molecule has 0 unspecified atom stereocenters. The first-order valence-electron chi connectivity index (χ1n) is 3.83. The second-order valence-corrected chi connectivity index (χ2v) is 3.44. The van der Waals surface area contributed by atoms with E-state index in [1.807, 2.05) is 6.07 Å². The maximum absolute atomic E-state index is 5.50. The Morgan fingerprint density at radius 1 is 1.21 bits per heavy atom. The van der Waals surface area contributed by atoms with Crippen LogP contribution in [0.25, 0.3) is 0 Å². The molecule has 0 aromatic heterocycles. The number of hydrogen-bond donors (Lipinski definition) is 0. The van der Waals surface area contributed by atoms with Crippen LogP contribution >= 0.6 is 27.5 Å². The summed E-state index contributed by atoms with van der Waals surface area (Å²) in [6, 6.07) is 3.64. The van der Waals surface area contributed by atoms with E-state index in [0.29, 0.717) is 17.2 Å². The first-order valence-corrected chi connectivity index (χ1v) is 5.16. The molecule has 14 heavy (non-hydrogen) atoms. The van der Waals surface area contributed by atoms with Gasteiger partial charge in [-0.2, -0.15) is 0 Å². The predicted octanol–water partition coefficient (Wildman–Crippen LogP) is 3.04. The van der Waals surface area contributed by atoms with Crippen LogP contribution in [-0.4, -0.2) is 20.3 Å². The van der Waals surface area contributed by atoms with Gasteiger partial charge in [0.2, 0.25) is 5.75 Å². The molecule has 0 aliphatic heterocycles. The Labute approximate surface area is 96.0 Å². The minimum atomic E-state index is 0.0448. The fourth-order valence-corrected chi connectivity index (χ4v) is 1.65. The van der Waals surface area contributed by atoms with Gasteiger partial charge in [0.15, 0.2) is 17.6 Å². The molecule has 0 saturated carbocycles. The molecule has 5 heteroatoms. The highest BCUT2D eigenvalue weighted by Crippen LogP contribution is 2.42. The van der Waals surface area contributed by atoms with Gasteiger partial charge in [-0.3, -0.25) is 0 Å². The van der Waals surface area contributed by atoms with Crippen molar-refractivity contribution in [2.24, 2.45) is 0 Å². The molecular weight excluding hydrogens is 271 g/mol. The highest BCUT2D eigenvalue weighted by Gasteiger charge is 2.14. The van der Waals surface area contributed by atoms with Gasteiger partial charge < -0.3 is 14.2 Å². The Morgan fingerprint density at radius 2 is 1.93 bits per heavy atom. The summed E-state index contributed by atoms with van der Waals surface area (Å²) in [6.07, 6.45) is 0. The molecule has 0 amide bonds. The number of alkyl halides is 1. The van der Waals surface area contributed by atoms with Crippen LogP contribution in [0.4, 0.5) is 0 Å². The van der Waals surface area contributed by atoms with Crippen molar-refractivity contribution in [3.8, 4) is 17.2 Å². The largest absolute Gasteiger partial charge is 0.493 e. The maximum Gasteiger partial charge on any atom is 0.206 e. The van der Waals surface area contributed by atoms with Gasteiger partial charge in [0, 0.05) is 0 Å². The second-order valence-electron chi connectivity index (χ2n) is 2.37. The van der Waals surface area contributed by atoms with Gasteiger partial charge in [-0.1, -0.05) is 11.6 Å². The molecule has 0 N–H and O–H groups in total. The van der Waals surface area contributed by atoms with E-state index in [1.54, 1.807) is 20.3 Å². The molecule has 0 fully saturated rings.